The second-order valence-electron chi connectivity index (χ2n) is 15.5. The summed E-state index contributed by atoms with van der Waals surface area (Å²) < 4.78 is 11.2. The minimum Gasteiger partial charge on any atom is -0.394 e. The molecule has 1 rings (SSSR count). The molecule has 7 unspecified atom stereocenters. The number of ether oxygens (including phenoxy) is 2. The van der Waals surface area contributed by atoms with E-state index >= 15 is 0 Å². The van der Waals surface area contributed by atoms with Gasteiger partial charge in [-0.25, -0.2) is 0 Å². The number of rotatable bonds is 36. The van der Waals surface area contributed by atoms with E-state index in [0.717, 1.165) is 38.5 Å². The zero-order valence-electron chi connectivity index (χ0n) is 34.0. The summed E-state index contributed by atoms with van der Waals surface area (Å²) in [6.07, 6.45) is 33.7. The van der Waals surface area contributed by atoms with Gasteiger partial charge >= 0.3 is 0 Å². The lowest BCUT2D eigenvalue weighted by Crippen LogP contribution is -2.60. The molecule has 9 heteroatoms. The molecule has 0 bridgehead atoms. The molecular weight excluding hydrogens is 670 g/mol. The molecule has 1 heterocycles. The third-order valence-electron chi connectivity index (χ3n) is 10.5. The highest BCUT2D eigenvalue weighted by Gasteiger charge is 2.44. The molecule has 0 aromatic carbocycles. The monoisotopic (exact) mass is 754 g/mol. The number of unbranched alkanes of at least 4 members (excludes halogenated alkanes) is 24. The molecule has 0 spiro atoms. The Hall–Kier alpha value is -1.33. The van der Waals surface area contributed by atoms with Crippen molar-refractivity contribution in [2.45, 2.75) is 236 Å². The Kier molecular flexibility index (Phi) is 32.9. The van der Waals surface area contributed by atoms with Gasteiger partial charge in [-0.15, -0.1) is 0 Å². The van der Waals surface area contributed by atoms with Crippen molar-refractivity contribution in [1.29, 1.82) is 0 Å². The van der Waals surface area contributed by atoms with E-state index < -0.39 is 49.5 Å². The molecule has 1 fully saturated rings. The van der Waals surface area contributed by atoms with E-state index in [1.807, 2.05) is 6.08 Å². The first-order valence-electron chi connectivity index (χ1n) is 22.1. The number of allylic oxidation sites excluding steroid dienone is 3. The van der Waals surface area contributed by atoms with Crippen LogP contribution in [0.25, 0.3) is 0 Å². The number of amides is 1. The molecule has 0 aromatic rings. The molecule has 7 atom stereocenters. The molecule has 0 aliphatic carbocycles. The lowest BCUT2D eigenvalue weighted by molar-refractivity contribution is -0.302. The van der Waals surface area contributed by atoms with Crippen LogP contribution in [0, 0.1) is 0 Å². The fourth-order valence-electron chi connectivity index (χ4n) is 6.94. The predicted molar refractivity (Wildman–Crippen MR) is 217 cm³/mol. The summed E-state index contributed by atoms with van der Waals surface area (Å²) in [5, 5.41) is 54.0. The van der Waals surface area contributed by atoms with Gasteiger partial charge in [0.2, 0.25) is 5.91 Å². The van der Waals surface area contributed by atoms with Crippen molar-refractivity contribution < 1.29 is 39.8 Å². The SMILES string of the molecule is CCCCCCCCCCCCCCC/C=C/CC/C=C/C(O)C(COC1OC(CO)C(O)C(O)C1O)NC(=O)CCCCCCCCCCCCC. The van der Waals surface area contributed by atoms with Gasteiger partial charge in [0.1, 0.15) is 24.4 Å². The van der Waals surface area contributed by atoms with E-state index in [1.165, 1.54) is 135 Å². The number of carbonyl (C=O) groups excluding carboxylic acids is 1. The quantitative estimate of drug-likeness (QED) is 0.0275. The van der Waals surface area contributed by atoms with Crippen LogP contribution in [0.3, 0.4) is 0 Å². The summed E-state index contributed by atoms with van der Waals surface area (Å²) >= 11 is 0. The summed E-state index contributed by atoms with van der Waals surface area (Å²) in [4.78, 5) is 12.9. The highest BCUT2D eigenvalue weighted by atomic mass is 16.7. The van der Waals surface area contributed by atoms with Gasteiger partial charge in [-0.2, -0.15) is 0 Å². The van der Waals surface area contributed by atoms with Crippen LogP contribution in [-0.4, -0.2) is 87.5 Å². The lowest BCUT2D eigenvalue weighted by atomic mass is 9.99. The van der Waals surface area contributed by atoms with Crippen LogP contribution in [0.5, 0.6) is 0 Å². The van der Waals surface area contributed by atoms with Gasteiger partial charge in [-0.05, 0) is 32.1 Å². The van der Waals surface area contributed by atoms with Crippen molar-refractivity contribution in [3.8, 4) is 0 Å². The first kappa shape index (κ1) is 49.7. The van der Waals surface area contributed by atoms with Crippen molar-refractivity contribution in [2.75, 3.05) is 13.2 Å². The van der Waals surface area contributed by atoms with Gasteiger partial charge in [0.15, 0.2) is 6.29 Å². The summed E-state index contributed by atoms with van der Waals surface area (Å²) in [6.45, 7) is 3.74. The average Bonchev–Trinajstić information content (AvgIpc) is 3.16. The van der Waals surface area contributed by atoms with Gasteiger partial charge in [0.25, 0.3) is 0 Å². The highest BCUT2D eigenvalue weighted by Crippen LogP contribution is 2.22. The fraction of sp³-hybridized carbons (Fsp3) is 0.886. The Morgan fingerprint density at radius 1 is 0.623 bits per heavy atom. The van der Waals surface area contributed by atoms with Crippen LogP contribution < -0.4 is 5.32 Å². The molecule has 9 nitrogen and oxygen atoms in total. The number of carbonyl (C=O) groups is 1. The van der Waals surface area contributed by atoms with Crippen LogP contribution in [0.1, 0.15) is 194 Å². The molecule has 1 aliphatic heterocycles. The van der Waals surface area contributed by atoms with Crippen molar-refractivity contribution in [3.63, 3.8) is 0 Å². The minimum atomic E-state index is -1.57. The van der Waals surface area contributed by atoms with Crippen molar-refractivity contribution >= 4 is 5.91 Å². The largest absolute Gasteiger partial charge is 0.394 e. The van der Waals surface area contributed by atoms with Gasteiger partial charge in [-0.3, -0.25) is 4.79 Å². The van der Waals surface area contributed by atoms with Gasteiger partial charge < -0.3 is 40.3 Å². The zero-order chi connectivity index (χ0) is 38.8. The molecule has 1 aliphatic rings. The van der Waals surface area contributed by atoms with Crippen LogP contribution >= 0.6 is 0 Å². The van der Waals surface area contributed by atoms with Crippen molar-refractivity contribution in [1.82, 2.24) is 5.32 Å². The Morgan fingerprint density at radius 2 is 1.08 bits per heavy atom. The first-order valence-corrected chi connectivity index (χ1v) is 22.1. The smallest absolute Gasteiger partial charge is 0.220 e. The number of nitrogens with one attached hydrogen (secondary N) is 1. The number of aliphatic hydroxyl groups is 5. The third-order valence-corrected chi connectivity index (χ3v) is 10.5. The maximum absolute atomic E-state index is 12.9. The molecule has 0 radical (unpaired) electrons. The standard InChI is InChI=1S/C44H83NO8/c1-3-5-7-9-11-13-15-16-17-18-19-20-21-22-24-25-27-29-31-33-38(47)37(36-52-44-43(51)42(50)41(49)39(35-46)53-44)45-40(48)34-32-30-28-26-23-14-12-10-8-6-4-2/h24-25,31,33,37-39,41-44,46-47,49-51H,3-23,26-30,32,34-36H2,1-2H3,(H,45,48)/b25-24+,33-31+. The normalized spacial score (nSPS) is 21.8. The second-order valence-corrected chi connectivity index (χ2v) is 15.5. The Morgan fingerprint density at radius 3 is 1.58 bits per heavy atom. The van der Waals surface area contributed by atoms with E-state index in [2.05, 4.69) is 31.3 Å². The molecule has 6 N–H and O–H groups in total. The van der Waals surface area contributed by atoms with Gasteiger partial charge in [0, 0.05) is 6.42 Å². The maximum Gasteiger partial charge on any atom is 0.220 e. The fourth-order valence-corrected chi connectivity index (χ4v) is 6.94. The minimum absolute atomic E-state index is 0.188. The van der Waals surface area contributed by atoms with E-state index in [-0.39, 0.29) is 12.5 Å². The summed E-state index contributed by atoms with van der Waals surface area (Å²) in [5.74, 6) is -0.188. The summed E-state index contributed by atoms with van der Waals surface area (Å²) in [7, 11) is 0. The Balaban J connectivity index is 2.39. The average molecular weight is 754 g/mol. The first-order chi connectivity index (χ1) is 25.8. The van der Waals surface area contributed by atoms with Crippen LogP contribution in [0.4, 0.5) is 0 Å². The van der Waals surface area contributed by atoms with Crippen LogP contribution in [0.2, 0.25) is 0 Å². The highest BCUT2D eigenvalue weighted by molar-refractivity contribution is 5.76. The van der Waals surface area contributed by atoms with Crippen LogP contribution in [0.15, 0.2) is 24.3 Å². The molecule has 1 amide bonds. The second kappa shape index (κ2) is 35.1. The maximum atomic E-state index is 12.9. The molecule has 312 valence electrons. The number of hydrogen-bond donors (Lipinski definition) is 6. The van der Waals surface area contributed by atoms with Crippen molar-refractivity contribution in [3.05, 3.63) is 24.3 Å². The zero-order valence-corrected chi connectivity index (χ0v) is 34.0. The van der Waals surface area contributed by atoms with E-state index in [0.29, 0.717) is 6.42 Å². The molecular formula is C44H83NO8. The van der Waals surface area contributed by atoms with Crippen LogP contribution in [-0.2, 0) is 14.3 Å². The summed E-state index contributed by atoms with van der Waals surface area (Å²) in [6, 6.07) is -0.815. The topological polar surface area (TPSA) is 149 Å². The number of hydrogen-bond acceptors (Lipinski definition) is 8. The third kappa shape index (κ3) is 26.2. The van der Waals surface area contributed by atoms with E-state index in [1.54, 1.807) is 6.08 Å². The Bertz CT molecular complexity index is 883. The van der Waals surface area contributed by atoms with Gasteiger partial charge in [-0.1, -0.05) is 179 Å². The molecule has 0 aromatic heterocycles. The Labute approximate surface area is 324 Å². The lowest BCUT2D eigenvalue weighted by Gasteiger charge is -2.40. The number of aliphatic hydroxyl groups excluding tert-OH is 5. The summed E-state index contributed by atoms with van der Waals surface area (Å²) in [5.41, 5.74) is 0. The molecule has 53 heavy (non-hydrogen) atoms. The predicted octanol–water partition coefficient (Wildman–Crippen LogP) is 8.72. The molecule has 1 saturated heterocycles. The van der Waals surface area contributed by atoms with E-state index in [4.69, 9.17) is 9.47 Å². The molecule has 0 saturated carbocycles. The van der Waals surface area contributed by atoms with E-state index in [9.17, 15) is 30.3 Å². The van der Waals surface area contributed by atoms with Gasteiger partial charge in [0.05, 0.1) is 25.4 Å². The van der Waals surface area contributed by atoms with Crippen molar-refractivity contribution in [2.24, 2.45) is 0 Å².